The van der Waals surface area contributed by atoms with Crippen LogP contribution in [0.15, 0.2) is 59.6 Å². The number of hydrogen-bond donors (Lipinski definition) is 2. The quantitative estimate of drug-likeness (QED) is 0.608. The number of aromatic nitrogens is 1. The number of aromatic amines is 1. The summed E-state index contributed by atoms with van der Waals surface area (Å²) in [6, 6.07) is 14.1. The third-order valence-electron chi connectivity index (χ3n) is 5.56. The maximum Gasteiger partial charge on any atom is 0.243 e. The van der Waals surface area contributed by atoms with Gasteiger partial charge >= 0.3 is 0 Å². The number of halogens is 1. The third-order valence-corrected chi connectivity index (χ3v) is 7.67. The van der Waals surface area contributed by atoms with E-state index in [0.29, 0.717) is 37.4 Å². The summed E-state index contributed by atoms with van der Waals surface area (Å²) in [5.74, 6) is -0.435. The molecule has 1 aliphatic rings. The molecule has 1 amide bonds. The summed E-state index contributed by atoms with van der Waals surface area (Å²) in [6.45, 7) is 1.14. The van der Waals surface area contributed by atoms with E-state index < -0.39 is 10.0 Å². The lowest BCUT2D eigenvalue weighted by atomic mass is 9.99. The molecule has 1 saturated heterocycles. The van der Waals surface area contributed by atoms with Crippen LogP contribution in [0, 0.1) is 5.92 Å². The highest BCUT2D eigenvalue weighted by molar-refractivity contribution is 7.89. The van der Waals surface area contributed by atoms with E-state index in [1.807, 2.05) is 24.4 Å². The molecule has 30 heavy (non-hydrogen) atoms. The van der Waals surface area contributed by atoms with Crippen LogP contribution in [0.1, 0.15) is 18.4 Å². The predicted molar refractivity (Wildman–Crippen MR) is 118 cm³/mol. The van der Waals surface area contributed by atoms with Crippen LogP contribution < -0.4 is 5.32 Å². The second kappa shape index (κ2) is 8.79. The molecule has 1 aromatic heterocycles. The molecule has 3 aromatic rings. The van der Waals surface area contributed by atoms with E-state index in [0.717, 1.165) is 16.5 Å². The first-order valence-corrected chi connectivity index (χ1v) is 11.9. The zero-order chi connectivity index (χ0) is 21.1. The van der Waals surface area contributed by atoms with E-state index in [-0.39, 0.29) is 23.3 Å². The van der Waals surface area contributed by atoms with Crippen LogP contribution in [0.4, 0.5) is 0 Å². The Morgan fingerprint density at radius 1 is 1.20 bits per heavy atom. The van der Waals surface area contributed by atoms with Crippen molar-refractivity contribution < 1.29 is 13.2 Å². The molecule has 158 valence electrons. The Labute approximate surface area is 181 Å². The lowest BCUT2D eigenvalue weighted by molar-refractivity contribution is -0.126. The SMILES string of the molecule is O=C(NCCc1c[nH]c2ccc(Cl)cc12)[C@@H]1CCCN(S(=O)(=O)c2ccccc2)C1. The highest BCUT2D eigenvalue weighted by Gasteiger charge is 2.33. The molecule has 0 unspecified atom stereocenters. The summed E-state index contributed by atoms with van der Waals surface area (Å²) in [7, 11) is -3.58. The van der Waals surface area contributed by atoms with Crippen molar-refractivity contribution in [3.63, 3.8) is 0 Å². The number of H-pyrrole nitrogens is 1. The molecule has 0 bridgehead atoms. The molecule has 1 aliphatic heterocycles. The highest BCUT2D eigenvalue weighted by Crippen LogP contribution is 2.25. The van der Waals surface area contributed by atoms with Crippen LogP contribution in [0.5, 0.6) is 0 Å². The van der Waals surface area contributed by atoms with Gasteiger partial charge in [0.2, 0.25) is 15.9 Å². The number of nitrogens with one attached hydrogen (secondary N) is 2. The molecule has 1 fully saturated rings. The Hall–Kier alpha value is -2.35. The number of benzene rings is 2. The van der Waals surface area contributed by atoms with Gasteiger partial charge in [0.05, 0.1) is 10.8 Å². The fraction of sp³-hybridized carbons (Fsp3) is 0.318. The molecule has 6 nitrogen and oxygen atoms in total. The van der Waals surface area contributed by atoms with E-state index in [9.17, 15) is 13.2 Å². The van der Waals surface area contributed by atoms with E-state index >= 15 is 0 Å². The molecular formula is C22H24ClN3O3S. The smallest absolute Gasteiger partial charge is 0.243 e. The van der Waals surface area contributed by atoms with Gasteiger partial charge in [0.1, 0.15) is 0 Å². The van der Waals surface area contributed by atoms with Crippen molar-refractivity contribution >= 4 is 38.4 Å². The number of rotatable bonds is 6. The van der Waals surface area contributed by atoms with Crippen LogP contribution in [0.25, 0.3) is 10.9 Å². The summed E-state index contributed by atoms with van der Waals surface area (Å²) < 4.78 is 27.1. The Morgan fingerprint density at radius 3 is 2.80 bits per heavy atom. The first-order chi connectivity index (χ1) is 14.4. The van der Waals surface area contributed by atoms with Gasteiger partial charge in [0.15, 0.2) is 0 Å². The van der Waals surface area contributed by atoms with Gasteiger partial charge in [-0.25, -0.2) is 8.42 Å². The van der Waals surface area contributed by atoms with Crippen molar-refractivity contribution in [2.45, 2.75) is 24.2 Å². The maximum absolute atomic E-state index is 12.9. The number of piperidine rings is 1. The van der Waals surface area contributed by atoms with Crippen molar-refractivity contribution in [1.82, 2.24) is 14.6 Å². The van der Waals surface area contributed by atoms with Crippen LogP contribution in [0.2, 0.25) is 5.02 Å². The maximum atomic E-state index is 12.9. The first-order valence-electron chi connectivity index (χ1n) is 10.0. The van der Waals surface area contributed by atoms with Crippen LogP contribution in [0.3, 0.4) is 0 Å². The molecule has 0 aliphatic carbocycles. The van der Waals surface area contributed by atoms with E-state index in [1.54, 1.807) is 30.3 Å². The Balaban J connectivity index is 1.36. The van der Waals surface area contributed by atoms with Crippen LogP contribution >= 0.6 is 11.6 Å². The van der Waals surface area contributed by atoms with E-state index in [2.05, 4.69) is 10.3 Å². The highest BCUT2D eigenvalue weighted by atomic mass is 35.5. The number of fused-ring (bicyclic) bond motifs is 1. The van der Waals surface area contributed by atoms with Gasteiger partial charge < -0.3 is 10.3 Å². The lowest BCUT2D eigenvalue weighted by Crippen LogP contribution is -2.45. The Kier molecular flexibility index (Phi) is 6.13. The monoisotopic (exact) mass is 445 g/mol. The van der Waals surface area contributed by atoms with Crippen LogP contribution in [-0.4, -0.2) is 43.2 Å². The average molecular weight is 446 g/mol. The topological polar surface area (TPSA) is 82.3 Å². The van der Waals surface area contributed by atoms with E-state index in [4.69, 9.17) is 11.6 Å². The number of carbonyl (C=O) groups excluding carboxylic acids is 1. The predicted octanol–water partition coefficient (Wildman–Crippen LogP) is 3.58. The second-order valence-corrected chi connectivity index (χ2v) is 9.93. The summed E-state index contributed by atoms with van der Waals surface area (Å²) in [5.41, 5.74) is 2.10. The Morgan fingerprint density at radius 2 is 2.00 bits per heavy atom. The standard InChI is InChI=1S/C22H24ClN3O3S/c23-18-8-9-21-20(13-18)16(14-25-21)10-11-24-22(27)17-5-4-12-26(15-17)30(28,29)19-6-2-1-3-7-19/h1-3,6-9,13-14,17,25H,4-5,10-12,15H2,(H,24,27)/t17-/m1/s1. The van der Waals surface area contributed by atoms with Crippen LogP contribution in [-0.2, 0) is 21.2 Å². The molecule has 0 radical (unpaired) electrons. The minimum atomic E-state index is -3.58. The fourth-order valence-electron chi connectivity index (χ4n) is 3.94. The summed E-state index contributed by atoms with van der Waals surface area (Å²) in [5, 5.41) is 4.70. The molecule has 2 N–H and O–H groups in total. The van der Waals surface area contributed by atoms with Gasteiger partial charge in [-0.2, -0.15) is 4.31 Å². The average Bonchev–Trinajstić information content (AvgIpc) is 3.16. The second-order valence-electron chi connectivity index (χ2n) is 7.56. The molecule has 0 spiro atoms. The lowest BCUT2D eigenvalue weighted by Gasteiger charge is -2.31. The minimum absolute atomic E-state index is 0.0964. The number of hydrogen-bond acceptors (Lipinski definition) is 3. The number of nitrogens with zero attached hydrogens (tertiary/aromatic N) is 1. The molecule has 1 atom stereocenters. The fourth-order valence-corrected chi connectivity index (χ4v) is 5.66. The first kappa shape index (κ1) is 20.9. The van der Waals surface area contributed by atoms with Crippen molar-refractivity contribution in [3.05, 3.63) is 65.3 Å². The van der Waals surface area contributed by atoms with Gasteiger partial charge in [-0.1, -0.05) is 29.8 Å². The van der Waals surface area contributed by atoms with Gasteiger partial charge in [-0.05, 0) is 55.2 Å². The number of amides is 1. The van der Waals surface area contributed by atoms with Crippen molar-refractivity contribution in [2.24, 2.45) is 5.92 Å². The summed E-state index contributed by atoms with van der Waals surface area (Å²) in [4.78, 5) is 16.2. The zero-order valence-corrected chi connectivity index (χ0v) is 18.0. The Bertz CT molecular complexity index is 1140. The van der Waals surface area contributed by atoms with E-state index in [1.165, 1.54) is 4.31 Å². The molecule has 0 saturated carbocycles. The number of sulfonamides is 1. The van der Waals surface area contributed by atoms with Crippen molar-refractivity contribution in [3.8, 4) is 0 Å². The largest absolute Gasteiger partial charge is 0.361 e. The zero-order valence-electron chi connectivity index (χ0n) is 16.5. The van der Waals surface area contributed by atoms with Crippen molar-refractivity contribution in [1.29, 1.82) is 0 Å². The normalized spacial score (nSPS) is 17.8. The van der Waals surface area contributed by atoms with Gasteiger partial charge in [-0.15, -0.1) is 0 Å². The number of carbonyl (C=O) groups is 1. The third kappa shape index (κ3) is 4.38. The molecule has 4 rings (SSSR count). The van der Waals surface area contributed by atoms with Crippen molar-refractivity contribution in [2.75, 3.05) is 19.6 Å². The minimum Gasteiger partial charge on any atom is -0.361 e. The molecular weight excluding hydrogens is 422 g/mol. The summed E-state index contributed by atoms with van der Waals surface area (Å²) >= 11 is 6.09. The molecule has 2 aromatic carbocycles. The van der Waals surface area contributed by atoms with Gasteiger partial charge in [-0.3, -0.25) is 4.79 Å². The molecule has 8 heteroatoms. The van der Waals surface area contributed by atoms with Gasteiger partial charge in [0.25, 0.3) is 0 Å². The molecule has 2 heterocycles. The van der Waals surface area contributed by atoms with Gasteiger partial charge in [0, 0.05) is 41.8 Å². The summed E-state index contributed by atoms with van der Waals surface area (Å²) in [6.07, 6.45) is 3.97.